The normalized spacial score (nSPS) is 21.8. The number of nitrogens with zero attached hydrogens (tertiary/aromatic N) is 2. The first-order valence-corrected chi connectivity index (χ1v) is 20.4. The monoisotopic (exact) mass is 814 g/mol. The van der Waals surface area contributed by atoms with Gasteiger partial charge in [-0.1, -0.05) is 58.0 Å². The third-order valence-corrected chi connectivity index (χ3v) is 10.9. The molecule has 3 heterocycles. The summed E-state index contributed by atoms with van der Waals surface area (Å²) in [7, 11) is 1.54. The third kappa shape index (κ3) is 11.4. The minimum Gasteiger partial charge on any atom is -0.497 e. The Morgan fingerprint density at radius 1 is 0.845 bits per heavy atom. The van der Waals surface area contributed by atoms with Gasteiger partial charge in [0.1, 0.15) is 35.6 Å². The van der Waals surface area contributed by atoms with E-state index in [2.05, 4.69) is 36.6 Å². The lowest BCUT2D eigenvalue weighted by molar-refractivity contribution is -0.135. The zero-order chi connectivity index (χ0) is 42.1. The highest BCUT2D eigenvalue weighted by Gasteiger charge is 2.34. The van der Waals surface area contributed by atoms with E-state index in [1.807, 2.05) is 52.0 Å². The topological polar surface area (TPSA) is 204 Å². The Balaban J connectivity index is 1.54. The average Bonchev–Trinajstić information content (AvgIpc) is 3.81. The van der Waals surface area contributed by atoms with Crippen LogP contribution in [0.3, 0.4) is 0 Å². The number of hydrogen-bond acceptors (Lipinski definition) is 9. The Kier molecular flexibility index (Phi) is 14.6. The largest absolute Gasteiger partial charge is 0.497 e. The van der Waals surface area contributed by atoms with Crippen LogP contribution in [0.25, 0.3) is 10.9 Å². The average molecular weight is 815 g/mol. The Morgan fingerprint density at radius 2 is 1.50 bits per heavy atom. The van der Waals surface area contributed by atoms with Gasteiger partial charge in [0.25, 0.3) is 5.91 Å². The summed E-state index contributed by atoms with van der Waals surface area (Å²) in [4.78, 5) is 93.1. The van der Waals surface area contributed by atoms with E-state index >= 15 is 0 Å². The fourth-order valence-electron chi connectivity index (χ4n) is 6.79. The van der Waals surface area contributed by atoms with E-state index in [9.17, 15) is 28.8 Å². The first-order chi connectivity index (χ1) is 27.6. The van der Waals surface area contributed by atoms with Crippen LogP contribution in [0.5, 0.6) is 5.75 Å². The second-order valence-electron chi connectivity index (χ2n) is 15.5. The van der Waals surface area contributed by atoms with Gasteiger partial charge in [0.05, 0.1) is 18.7 Å². The Bertz CT molecular complexity index is 2100. The van der Waals surface area contributed by atoms with E-state index in [-0.39, 0.29) is 43.3 Å². The minimum absolute atomic E-state index is 0.0574. The lowest BCUT2D eigenvalue weighted by Gasteiger charge is -2.32. The molecule has 15 nitrogen and oxygen atoms in total. The molecule has 5 rings (SSSR count). The molecule has 6 amide bonds. The number of fused-ring (bicyclic) bond motifs is 1. The van der Waals surface area contributed by atoms with Crippen molar-refractivity contribution in [2.45, 2.75) is 91.0 Å². The Labute approximate surface area is 342 Å². The number of aromatic amines is 1. The van der Waals surface area contributed by atoms with Gasteiger partial charge in [0.2, 0.25) is 29.5 Å². The van der Waals surface area contributed by atoms with Crippen molar-refractivity contribution in [2.24, 2.45) is 11.8 Å². The van der Waals surface area contributed by atoms with Crippen molar-refractivity contribution >= 4 is 57.7 Å². The highest BCUT2D eigenvalue weighted by atomic mass is 32.1. The molecule has 4 aromatic rings. The summed E-state index contributed by atoms with van der Waals surface area (Å²) >= 11 is 1.29. The lowest BCUT2D eigenvalue weighted by atomic mass is 9.99. The van der Waals surface area contributed by atoms with E-state index < -0.39 is 72.2 Å². The van der Waals surface area contributed by atoms with Gasteiger partial charge in [0.15, 0.2) is 0 Å². The summed E-state index contributed by atoms with van der Waals surface area (Å²) in [5.41, 5.74) is 2.45. The molecule has 1 saturated heterocycles. The van der Waals surface area contributed by atoms with Crippen LogP contribution in [0, 0.1) is 18.8 Å². The molecule has 0 saturated carbocycles. The van der Waals surface area contributed by atoms with Crippen LogP contribution >= 0.6 is 11.3 Å². The summed E-state index contributed by atoms with van der Waals surface area (Å²) in [5.74, 6) is -3.17. The van der Waals surface area contributed by atoms with Gasteiger partial charge in [-0.2, -0.15) is 0 Å². The second kappa shape index (κ2) is 19.6. The molecule has 0 aliphatic carbocycles. The summed E-state index contributed by atoms with van der Waals surface area (Å²) in [5, 5.41) is 17.4. The fourth-order valence-corrected chi connectivity index (χ4v) is 7.37. The number of methoxy groups -OCH3 is 1. The summed E-state index contributed by atoms with van der Waals surface area (Å²) in [6.07, 6.45) is 2.11. The SMILES string of the molecule is COc1ccc(C[C@@H]2NC(=O)[C@H](CC(C)C)NC(=O)[C@@H](Cc3c[nH]c4ccccc34)NC(=O)CN(C(=O)c3csc(C)n3)C[C@H](C(C)C)NC(=O)[C@@H](C)NC2=O)cc1. The number of nitrogens with one attached hydrogen (secondary N) is 6. The number of ether oxygens (including phenoxy) is 1. The van der Waals surface area contributed by atoms with Crippen LogP contribution in [0.15, 0.2) is 60.1 Å². The van der Waals surface area contributed by atoms with Crippen LogP contribution in [-0.2, 0) is 36.8 Å². The van der Waals surface area contributed by atoms with Gasteiger partial charge in [-0.05, 0) is 61.4 Å². The van der Waals surface area contributed by atoms with E-state index in [1.54, 1.807) is 49.9 Å². The minimum atomic E-state index is -1.17. The molecular weight excluding hydrogens is 761 g/mol. The number of carbonyl (C=O) groups excluding carboxylic acids is 6. The maximum atomic E-state index is 14.4. The number of aromatic nitrogens is 2. The highest BCUT2D eigenvalue weighted by Crippen LogP contribution is 2.20. The number of para-hydroxylation sites is 1. The molecule has 1 fully saturated rings. The summed E-state index contributed by atoms with van der Waals surface area (Å²) in [6, 6.07) is 9.48. The molecule has 58 heavy (non-hydrogen) atoms. The molecule has 1 aliphatic heterocycles. The van der Waals surface area contributed by atoms with Gasteiger partial charge < -0.3 is 41.2 Å². The van der Waals surface area contributed by atoms with Crippen molar-refractivity contribution in [2.75, 3.05) is 20.2 Å². The molecular formula is C42H54N8O7S. The number of rotatable bonds is 9. The number of thiazole rings is 1. The number of hydrogen-bond donors (Lipinski definition) is 6. The molecule has 16 heteroatoms. The van der Waals surface area contributed by atoms with Crippen molar-refractivity contribution in [1.29, 1.82) is 0 Å². The number of aryl methyl sites for hydroxylation is 1. The molecule has 2 aromatic heterocycles. The summed E-state index contributed by atoms with van der Waals surface area (Å²) < 4.78 is 5.29. The van der Waals surface area contributed by atoms with Gasteiger partial charge in [-0.15, -0.1) is 11.3 Å². The Hall–Kier alpha value is -5.77. The molecule has 5 atom stereocenters. The van der Waals surface area contributed by atoms with E-state index in [0.717, 1.165) is 16.5 Å². The van der Waals surface area contributed by atoms with Crippen LogP contribution in [0.4, 0.5) is 0 Å². The fraction of sp³-hybridized carbons (Fsp3) is 0.452. The molecule has 0 bridgehead atoms. The quantitative estimate of drug-likeness (QED) is 0.148. The molecule has 6 N–H and O–H groups in total. The Morgan fingerprint density at radius 3 is 2.16 bits per heavy atom. The van der Waals surface area contributed by atoms with Gasteiger partial charge in [-0.25, -0.2) is 4.98 Å². The van der Waals surface area contributed by atoms with Crippen molar-refractivity contribution in [3.05, 3.63) is 81.9 Å². The van der Waals surface area contributed by atoms with Crippen LogP contribution in [-0.4, -0.2) is 101 Å². The number of H-pyrrole nitrogens is 1. The van der Waals surface area contributed by atoms with Crippen molar-refractivity contribution in [3.63, 3.8) is 0 Å². The highest BCUT2D eigenvalue weighted by molar-refractivity contribution is 7.09. The first kappa shape index (κ1) is 43.4. The van der Waals surface area contributed by atoms with Gasteiger partial charge in [-0.3, -0.25) is 28.8 Å². The molecule has 0 spiro atoms. The zero-order valence-corrected chi connectivity index (χ0v) is 34.8. The number of amides is 6. The lowest BCUT2D eigenvalue weighted by Crippen LogP contribution is -2.60. The predicted octanol–water partition coefficient (Wildman–Crippen LogP) is 3.03. The molecule has 0 radical (unpaired) electrons. The van der Waals surface area contributed by atoms with Crippen molar-refractivity contribution < 1.29 is 33.5 Å². The third-order valence-electron chi connectivity index (χ3n) is 10.1. The van der Waals surface area contributed by atoms with Gasteiger partial charge in [0, 0.05) is 47.9 Å². The van der Waals surface area contributed by atoms with Crippen molar-refractivity contribution in [1.82, 2.24) is 41.5 Å². The summed E-state index contributed by atoms with van der Waals surface area (Å²) in [6.45, 7) is 10.3. The standard InChI is InChI=1S/C42H54N8O7S/c1-23(2)16-32-40(54)48-33(17-27-12-14-29(57-7)15-13-27)39(53)44-25(5)38(52)49-35(24(3)4)20-50(42(56)36-22-58-26(6)45-36)21-37(51)46-34(41(55)47-32)18-28-19-43-31-11-9-8-10-30(28)31/h8-15,19,22-25,32-35,43H,16-18,20-21H2,1-7H3,(H,44,53)(H,46,51)(H,47,55)(H,48,54)(H,49,52)/t25-,32+,33+,34-,35-/m1/s1. The molecule has 310 valence electrons. The van der Waals surface area contributed by atoms with Crippen LogP contribution < -0.4 is 31.3 Å². The van der Waals surface area contributed by atoms with Crippen LogP contribution in [0.2, 0.25) is 0 Å². The van der Waals surface area contributed by atoms with Gasteiger partial charge >= 0.3 is 0 Å². The zero-order valence-electron chi connectivity index (χ0n) is 34.0. The maximum absolute atomic E-state index is 14.4. The molecule has 2 aromatic carbocycles. The van der Waals surface area contributed by atoms with Crippen LogP contribution in [0.1, 0.15) is 67.7 Å². The number of carbonyl (C=O) groups is 6. The molecule has 0 unspecified atom stereocenters. The second-order valence-corrected chi connectivity index (χ2v) is 16.6. The molecule has 1 aliphatic rings. The van der Waals surface area contributed by atoms with E-state index in [0.29, 0.717) is 16.3 Å². The van der Waals surface area contributed by atoms with Crippen molar-refractivity contribution in [3.8, 4) is 5.75 Å². The smallest absolute Gasteiger partial charge is 0.273 e. The predicted molar refractivity (Wildman–Crippen MR) is 221 cm³/mol. The maximum Gasteiger partial charge on any atom is 0.273 e. The number of benzene rings is 2. The first-order valence-electron chi connectivity index (χ1n) is 19.5. The van der Waals surface area contributed by atoms with E-state index in [4.69, 9.17) is 4.74 Å². The van der Waals surface area contributed by atoms with E-state index in [1.165, 1.54) is 23.2 Å².